The molecule has 1 N–H and O–H groups in total. The summed E-state index contributed by atoms with van der Waals surface area (Å²) in [4.78, 5) is 9.73. The molecule has 0 saturated heterocycles. The molecule has 90 valence electrons. The zero-order chi connectivity index (χ0) is 12.1. The maximum atomic E-state index is 4.23. The molecule has 3 nitrogen and oxygen atoms in total. The standard InChI is InChI=1S/C12H14BrN3S/c1-2-3-9-6-12(16-8-15-9)14-7-11-10(13)4-5-17-11/h4-6,8H,2-3,7H2,1H3,(H,14,15,16). The van der Waals surface area contributed by atoms with Crippen molar-refractivity contribution in [2.75, 3.05) is 5.32 Å². The van der Waals surface area contributed by atoms with E-state index >= 15 is 0 Å². The summed E-state index contributed by atoms with van der Waals surface area (Å²) in [5.41, 5.74) is 1.09. The topological polar surface area (TPSA) is 37.8 Å². The van der Waals surface area contributed by atoms with E-state index < -0.39 is 0 Å². The first-order valence-corrected chi connectivity index (χ1v) is 7.23. The predicted molar refractivity (Wildman–Crippen MR) is 75.4 cm³/mol. The Balaban J connectivity index is 1.99. The van der Waals surface area contributed by atoms with Crippen molar-refractivity contribution >= 4 is 33.1 Å². The van der Waals surface area contributed by atoms with Gasteiger partial charge in [-0.3, -0.25) is 0 Å². The van der Waals surface area contributed by atoms with E-state index in [0.29, 0.717) is 0 Å². The Hall–Kier alpha value is -0.940. The molecule has 2 aromatic rings. The van der Waals surface area contributed by atoms with Gasteiger partial charge < -0.3 is 5.32 Å². The predicted octanol–water partition coefficient (Wildman–Crippen LogP) is 3.87. The van der Waals surface area contributed by atoms with Crippen LogP contribution in [0, 0.1) is 0 Å². The van der Waals surface area contributed by atoms with E-state index in [0.717, 1.165) is 35.4 Å². The van der Waals surface area contributed by atoms with Crippen LogP contribution in [0.15, 0.2) is 28.3 Å². The molecule has 0 fully saturated rings. The number of halogens is 1. The largest absolute Gasteiger partial charge is 0.365 e. The Morgan fingerprint density at radius 3 is 3.00 bits per heavy atom. The van der Waals surface area contributed by atoms with Gasteiger partial charge in [0.25, 0.3) is 0 Å². The number of anilines is 1. The summed E-state index contributed by atoms with van der Waals surface area (Å²) in [5.74, 6) is 0.892. The van der Waals surface area contributed by atoms with Crippen LogP contribution in [-0.4, -0.2) is 9.97 Å². The third kappa shape index (κ3) is 3.51. The normalized spacial score (nSPS) is 10.5. The maximum absolute atomic E-state index is 4.23. The van der Waals surface area contributed by atoms with Gasteiger partial charge in [-0.2, -0.15) is 0 Å². The molecule has 5 heteroatoms. The minimum absolute atomic E-state index is 0.792. The van der Waals surface area contributed by atoms with Gasteiger partial charge in [-0.15, -0.1) is 11.3 Å². The molecule has 0 bridgehead atoms. The lowest BCUT2D eigenvalue weighted by Gasteiger charge is -2.05. The van der Waals surface area contributed by atoms with Crippen LogP contribution in [0.4, 0.5) is 5.82 Å². The summed E-state index contributed by atoms with van der Waals surface area (Å²) >= 11 is 5.25. The summed E-state index contributed by atoms with van der Waals surface area (Å²) in [6.07, 6.45) is 3.73. The van der Waals surface area contributed by atoms with Gasteiger partial charge in [0.1, 0.15) is 12.1 Å². The van der Waals surface area contributed by atoms with E-state index in [-0.39, 0.29) is 0 Å². The number of hydrogen-bond acceptors (Lipinski definition) is 4. The molecule has 0 amide bonds. The number of aryl methyl sites for hydroxylation is 1. The number of nitrogens with one attached hydrogen (secondary N) is 1. The van der Waals surface area contributed by atoms with Crippen LogP contribution >= 0.6 is 27.3 Å². The Kier molecular flexibility index (Phi) is 4.50. The second-order valence-electron chi connectivity index (χ2n) is 3.69. The van der Waals surface area contributed by atoms with E-state index in [1.54, 1.807) is 17.7 Å². The Labute approximate surface area is 113 Å². The summed E-state index contributed by atoms with van der Waals surface area (Å²) in [7, 11) is 0. The Morgan fingerprint density at radius 2 is 2.29 bits per heavy atom. The molecule has 0 spiro atoms. The Bertz CT molecular complexity index is 484. The summed E-state index contributed by atoms with van der Waals surface area (Å²) in [6.45, 7) is 2.94. The van der Waals surface area contributed by atoms with Crippen molar-refractivity contribution in [1.82, 2.24) is 9.97 Å². The molecule has 0 aliphatic rings. The first-order valence-electron chi connectivity index (χ1n) is 5.56. The van der Waals surface area contributed by atoms with E-state index in [2.05, 4.69) is 49.6 Å². The average molecular weight is 312 g/mol. The second kappa shape index (κ2) is 6.12. The zero-order valence-electron chi connectivity index (χ0n) is 9.61. The van der Waals surface area contributed by atoms with Crippen LogP contribution in [0.3, 0.4) is 0 Å². The van der Waals surface area contributed by atoms with Crippen LogP contribution in [0.5, 0.6) is 0 Å². The fourth-order valence-corrected chi connectivity index (χ4v) is 2.94. The van der Waals surface area contributed by atoms with Gasteiger partial charge in [0.2, 0.25) is 0 Å². The molecule has 2 aromatic heterocycles. The number of hydrogen-bond donors (Lipinski definition) is 1. The molecule has 0 unspecified atom stereocenters. The third-order valence-electron chi connectivity index (χ3n) is 2.35. The van der Waals surface area contributed by atoms with E-state index in [4.69, 9.17) is 0 Å². The number of thiophene rings is 1. The van der Waals surface area contributed by atoms with E-state index in [1.807, 2.05) is 6.07 Å². The lowest BCUT2D eigenvalue weighted by Crippen LogP contribution is -2.02. The quantitative estimate of drug-likeness (QED) is 0.911. The van der Waals surface area contributed by atoms with Crippen LogP contribution in [0.25, 0.3) is 0 Å². The average Bonchev–Trinajstić information content (AvgIpc) is 2.73. The van der Waals surface area contributed by atoms with Crippen LogP contribution in [0.1, 0.15) is 23.9 Å². The lowest BCUT2D eigenvalue weighted by molar-refractivity contribution is 0.871. The van der Waals surface area contributed by atoms with Crippen LogP contribution in [-0.2, 0) is 13.0 Å². The summed E-state index contributed by atoms with van der Waals surface area (Å²) < 4.78 is 1.15. The molecular formula is C12H14BrN3S. The molecule has 17 heavy (non-hydrogen) atoms. The molecule has 0 aliphatic carbocycles. The van der Waals surface area contributed by atoms with Gasteiger partial charge in [-0.25, -0.2) is 9.97 Å². The minimum Gasteiger partial charge on any atom is -0.365 e. The first-order chi connectivity index (χ1) is 8.29. The van der Waals surface area contributed by atoms with Crippen molar-refractivity contribution in [1.29, 1.82) is 0 Å². The van der Waals surface area contributed by atoms with Crippen molar-refractivity contribution in [2.45, 2.75) is 26.3 Å². The second-order valence-corrected chi connectivity index (χ2v) is 5.54. The molecule has 0 atom stereocenters. The van der Waals surface area contributed by atoms with Crippen molar-refractivity contribution in [3.8, 4) is 0 Å². The molecular weight excluding hydrogens is 298 g/mol. The van der Waals surface area contributed by atoms with E-state index in [9.17, 15) is 0 Å². The van der Waals surface area contributed by atoms with E-state index in [1.165, 1.54) is 4.88 Å². The van der Waals surface area contributed by atoms with Gasteiger partial charge in [0.05, 0.1) is 6.54 Å². The van der Waals surface area contributed by atoms with Gasteiger partial charge in [0.15, 0.2) is 0 Å². The van der Waals surface area contributed by atoms with Gasteiger partial charge >= 0.3 is 0 Å². The number of aromatic nitrogens is 2. The lowest BCUT2D eigenvalue weighted by atomic mass is 10.2. The monoisotopic (exact) mass is 311 g/mol. The van der Waals surface area contributed by atoms with Crippen molar-refractivity contribution in [2.24, 2.45) is 0 Å². The summed E-state index contributed by atoms with van der Waals surface area (Å²) in [5, 5.41) is 5.39. The van der Waals surface area contributed by atoms with Crippen molar-refractivity contribution in [3.05, 3.63) is 38.9 Å². The Morgan fingerprint density at radius 1 is 1.41 bits per heavy atom. The third-order valence-corrected chi connectivity index (χ3v) is 4.28. The fourth-order valence-electron chi connectivity index (χ4n) is 1.51. The van der Waals surface area contributed by atoms with Gasteiger partial charge in [-0.1, -0.05) is 13.3 Å². The SMILES string of the molecule is CCCc1cc(NCc2sccc2Br)ncn1. The van der Waals surface area contributed by atoms with Crippen LogP contribution < -0.4 is 5.32 Å². The highest BCUT2D eigenvalue weighted by Crippen LogP contribution is 2.23. The minimum atomic E-state index is 0.792. The molecule has 2 heterocycles. The maximum Gasteiger partial charge on any atom is 0.129 e. The van der Waals surface area contributed by atoms with Crippen LogP contribution in [0.2, 0.25) is 0 Å². The fraction of sp³-hybridized carbons (Fsp3) is 0.333. The summed E-state index contributed by atoms with van der Waals surface area (Å²) in [6, 6.07) is 4.08. The smallest absolute Gasteiger partial charge is 0.129 e. The molecule has 0 aromatic carbocycles. The molecule has 0 aliphatic heterocycles. The van der Waals surface area contributed by atoms with Gasteiger partial charge in [0, 0.05) is 21.1 Å². The first kappa shape index (κ1) is 12.5. The van der Waals surface area contributed by atoms with Gasteiger partial charge in [-0.05, 0) is 33.8 Å². The molecule has 0 radical (unpaired) electrons. The zero-order valence-corrected chi connectivity index (χ0v) is 12.0. The number of rotatable bonds is 5. The highest BCUT2D eigenvalue weighted by Gasteiger charge is 2.02. The van der Waals surface area contributed by atoms with Crippen molar-refractivity contribution < 1.29 is 0 Å². The molecule has 0 saturated carbocycles. The molecule has 2 rings (SSSR count). The van der Waals surface area contributed by atoms with Crippen molar-refractivity contribution in [3.63, 3.8) is 0 Å². The number of nitrogens with zero attached hydrogens (tertiary/aromatic N) is 2. The highest BCUT2D eigenvalue weighted by molar-refractivity contribution is 9.10. The highest BCUT2D eigenvalue weighted by atomic mass is 79.9.